The van der Waals surface area contributed by atoms with Gasteiger partial charge in [-0.1, -0.05) is 15.9 Å². The summed E-state index contributed by atoms with van der Waals surface area (Å²) >= 11 is 4.96. The van der Waals surface area contributed by atoms with Crippen LogP contribution in [0.1, 0.15) is 6.42 Å². The Balaban J connectivity index is 3.26. The second-order valence-electron chi connectivity index (χ2n) is 2.41. The standard InChI is InChI=1S/C8H15BrO3S/c1-11-4-3-5-13-6-7(9)8(10)12-2/h7H,3-6H2,1-2H3. The van der Waals surface area contributed by atoms with Crippen LogP contribution in [0.3, 0.4) is 0 Å². The molecule has 0 saturated carbocycles. The number of esters is 1. The normalized spacial score (nSPS) is 12.5. The van der Waals surface area contributed by atoms with E-state index in [1.54, 1.807) is 18.9 Å². The minimum absolute atomic E-state index is 0.190. The van der Waals surface area contributed by atoms with Crippen molar-refractivity contribution in [3.63, 3.8) is 0 Å². The van der Waals surface area contributed by atoms with Gasteiger partial charge in [0.1, 0.15) is 4.83 Å². The van der Waals surface area contributed by atoms with E-state index in [4.69, 9.17) is 4.74 Å². The molecule has 0 fully saturated rings. The summed E-state index contributed by atoms with van der Waals surface area (Å²) in [7, 11) is 3.08. The van der Waals surface area contributed by atoms with Gasteiger partial charge in [0.05, 0.1) is 7.11 Å². The van der Waals surface area contributed by atoms with Crippen LogP contribution in [0.4, 0.5) is 0 Å². The van der Waals surface area contributed by atoms with E-state index in [-0.39, 0.29) is 10.8 Å². The Labute approximate surface area is 91.7 Å². The Morgan fingerprint density at radius 3 is 2.77 bits per heavy atom. The molecule has 0 saturated heterocycles. The van der Waals surface area contributed by atoms with Crippen LogP contribution in [0.2, 0.25) is 0 Å². The third-order valence-corrected chi connectivity index (χ3v) is 3.63. The van der Waals surface area contributed by atoms with Gasteiger partial charge in [0.15, 0.2) is 0 Å². The molecule has 3 nitrogen and oxygen atoms in total. The molecule has 5 heteroatoms. The average Bonchev–Trinajstić information content (AvgIpc) is 2.16. The largest absolute Gasteiger partial charge is 0.468 e. The second-order valence-corrected chi connectivity index (χ2v) is 4.67. The molecular formula is C8H15BrO3S. The number of alkyl halides is 1. The summed E-state index contributed by atoms with van der Waals surface area (Å²) in [6, 6.07) is 0. The van der Waals surface area contributed by atoms with Crippen LogP contribution in [0, 0.1) is 0 Å². The molecule has 0 N–H and O–H groups in total. The molecule has 1 atom stereocenters. The van der Waals surface area contributed by atoms with Crippen LogP contribution in [-0.2, 0) is 14.3 Å². The first-order valence-electron chi connectivity index (χ1n) is 4.01. The van der Waals surface area contributed by atoms with Gasteiger partial charge >= 0.3 is 5.97 Å². The van der Waals surface area contributed by atoms with Crippen LogP contribution >= 0.6 is 27.7 Å². The number of hydrogen-bond acceptors (Lipinski definition) is 4. The fourth-order valence-corrected chi connectivity index (χ4v) is 2.27. The maximum atomic E-state index is 10.9. The molecule has 0 aromatic carbocycles. The zero-order valence-corrected chi connectivity index (χ0v) is 10.3. The fraction of sp³-hybridized carbons (Fsp3) is 0.875. The molecular weight excluding hydrogens is 256 g/mol. The van der Waals surface area contributed by atoms with E-state index in [1.807, 2.05) is 0 Å². The first-order chi connectivity index (χ1) is 6.22. The quantitative estimate of drug-likeness (QED) is 0.401. The maximum absolute atomic E-state index is 10.9. The molecule has 0 radical (unpaired) electrons. The molecule has 0 aromatic heterocycles. The monoisotopic (exact) mass is 270 g/mol. The van der Waals surface area contributed by atoms with Gasteiger partial charge in [0.25, 0.3) is 0 Å². The summed E-state index contributed by atoms with van der Waals surface area (Å²) in [4.78, 5) is 10.7. The zero-order chi connectivity index (χ0) is 10.1. The number of carbonyl (C=O) groups excluding carboxylic acids is 1. The molecule has 0 spiro atoms. The van der Waals surface area contributed by atoms with Crippen molar-refractivity contribution in [3.05, 3.63) is 0 Å². The van der Waals surface area contributed by atoms with Gasteiger partial charge in [-0.3, -0.25) is 4.79 Å². The molecule has 0 heterocycles. The number of ether oxygens (including phenoxy) is 2. The molecule has 13 heavy (non-hydrogen) atoms. The summed E-state index contributed by atoms with van der Waals surface area (Å²) in [5.74, 6) is 1.54. The number of hydrogen-bond donors (Lipinski definition) is 0. The highest BCUT2D eigenvalue weighted by Crippen LogP contribution is 2.12. The lowest BCUT2D eigenvalue weighted by atomic mass is 10.5. The highest BCUT2D eigenvalue weighted by molar-refractivity contribution is 9.10. The van der Waals surface area contributed by atoms with Gasteiger partial charge in [-0.05, 0) is 12.2 Å². The van der Waals surface area contributed by atoms with Crippen LogP contribution in [0.5, 0.6) is 0 Å². The van der Waals surface area contributed by atoms with Crippen LogP contribution in [0.15, 0.2) is 0 Å². The summed E-state index contributed by atoms with van der Waals surface area (Å²) < 4.78 is 9.47. The van der Waals surface area contributed by atoms with Crippen molar-refractivity contribution >= 4 is 33.7 Å². The predicted molar refractivity (Wildman–Crippen MR) is 58.5 cm³/mol. The SMILES string of the molecule is COCCCSCC(Br)C(=O)OC. The van der Waals surface area contributed by atoms with Crippen molar-refractivity contribution in [3.8, 4) is 0 Å². The molecule has 0 aliphatic rings. The van der Waals surface area contributed by atoms with Gasteiger partial charge in [-0.2, -0.15) is 11.8 Å². The van der Waals surface area contributed by atoms with E-state index in [9.17, 15) is 4.79 Å². The average molecular weight is 271 g/mol. The van der Waals surface area contributed by atoms with E-state index in [1.165, 1.54) is 7.11 Å². The molecule has 0 aromatic rings. The first-order valence-corrected chi connectivity index (χ1v) is 6.08. The molecule has 0 aliphatic carbocycles. The van der Waals surface area contributed by atoms with Crippen LogP contribution < -0.4 is 0 Å². The lowest BCUT2D eigenvalue weighted by Crippen LogP contribution is -2.18. The Bertz CT molecular complexity index is 143. The highest BCUT2D eigenvalue weighted by atomic mass is 79.9. The third-order valence-electron chi connectivity index (χ3n) is 1.36. The van der Waals surface area contributed by atoms with Gasteiger partial charge in [-0.25, -0.2) is 0 Å². The Morgan fingerprint density at radius 2 is 2.23 bits per heavy atom. The number of thioether (sulfide) groups is 1. The van der Waals surface area contributed by atoms with E-state index >= 15 is 0 Å². The topological polar surface area (TPSA) is 35.5 Å². The van der Waals surface area contributed by atoms with E-state index in [2.05, 4.69) is 20.7 Å². The molecule has 0 rings (SSSR count). The lowest BCUT2D eigenvalue weighted by molar-refractivity contribution is -0.139. The fourth-order valence-electron chi connectivity index (χ4n) is 0.688. The van der Waals surface area contributed by atoms with Crippen molar-refractivity contribution in [1.29, 1.82) is 0 Å². The summed E-state index contributed by atoms with van der Waals surface area (Å²) in [6.45, 7) is 0.776. The summed E-state index contributed by atoms with van der Waals surface area (Å²) in [5, 5.41) is 0. The molecule has 0 amide bonds. The Hall–Kier alpha value is 0.260. The minimum atomic E-state index is -0.209. The zero-order valence-electron chi connectivity index (χ0n) is 7.92. The summed E-state index contributed by atoms with van der Waals surface area (Å²) in [5.41, 5.74) is 0. The van der Waals surface area contributed by atoms with Gasteiger partial charge in [0.2, 0.25) is 0 Å². The number of halogens is 1. The molecule has 78 valence electrons. The molecule has 1 unspecified atom stereocenters. The van der Waals surface area contributed by atoms with Crippen LogP contribution in [0.25, 0.3) is 0 Å². The number of carbonyl (C=O) groups is 1. The molecule has 0 aliphatic heterocycles. The smallest absolute Gasteiger partial charge is 0.320 e. The first kappa shape index (κ1) is 13.3. The predicted octanol–water partition coefficient (Wildman–Crippen LogP) is 1.69. The third kappa shape index (κ3) is 7.34. The Kier molecular flexibility index (Phi) is 9.02. The van der Waals surface area contributed by atoms with Gasteiger partial charge < -0.3 is 9.47 Å². The van der Waals surface area contributed by atoms with Crippen molar-refractivity contribution < 1.29 is 14.3 Å². The van der Waals surface area contributed by atoms with Crippen molar-refractivity contribution in [2.75, 3.05) is 32.3 Å². The van der Waals surface area contributed by atoms with Gasteiger partial charge in [-0.15, -0.1) is 0 Å². The van der Waals surface area contributed by atoms with E-state index in [0.29, 0.717) is 0 Å². The van der Waals surface area contributed by atoms with Gasteiger partial charge in [0, 0.05) is 19.5 Å². The molecule has 0 bridgehead atoms. The summed E-state index contributed by atoms with van der Waals surface area (Å²) in [6.07, 6.45) is 1.02. The van der Waals surface area contributed by atoms with Crippen molar-refractivity contribution in [1.82, 2.24) is 0 Å². The Morgan fingerprint density at radius 1 is 1.54 bits per heavy atom. The van der Waals surface area contributed by atoms with E-state index in [0.717, 1.165) is 24.5 Å². The van der Waals surface area contributed by atoms with Crippen LogP contribution in [-0.4, -0.2) is 43.1 Å². The number of methoxy groups -OCH3 is 2. The lowest BCUT2D eigenvalue weighted by Gasteiger charge is -2.06. The van der Waals surface area contributed by atoms with Crippen molar-refractivity contribution in [2.45, 2.75) is 11.2 Å². The minimum Gasteiger partial charge on any atom is -0.468 e. The number of rotatable bonds is 7. The second kappa shape index (κ2) is 8.84. The highest BCUT2D eigenvalue weighted by Gasteiger charge is 2.14. The van der Waals surface area contributed by atoms with Crippen molar-refractivity contribution in [2.24, 2.45) is 0 Å². The van der Waals surface area contributed by atoms with E-state index < -0.39 is 0 Å². The maximum Gasteiger partial charge on any atom is 0.320 e.